The van der Waals surface area contributed by atoms with Gasteiger partial charge in [-0.3, -0.25) is 9.89 Å². The van der Waals surface area contributed by atoms with Gasteiger partial charge >= 0.3 is 0 Å². The summed E-state index contributed by atoms with van der Waals surface area (Å²) in [6, 6.07) is 4.65. The third-order valence-corrected chi connectivity index (χ3v) is 2.61. The minimum atomic E-state index is -0.220. The zero-order chi connectivity index (χ0) is 13.1. The van der Waals surface area contributed by atoms with Crippen LogP contribution in [0.5, 0.6) is 0 Å². The number of hydrogen-bond acceptors (Lipinski definition) is 4. The quantitative estimate of drug-likeness (QED) is 0.606. The summed E-state index contributed by atoms with van der Waals surface area (Å²) in [5.74, 6) is -0.220. The molecule has 18 heavy (non-hydrogen) atoms. The van der Waals surface area contributed by atoms with Gasteiger partial charge in [0, 0.05) is 28.7 Å². The van der Waals surface area contributed by atoms with Crippen molar-refractivity contribution in [3.63, 3.8) is 0 Å². The van der Waals surface area contributed by atoms with Crippen LogP contribution >= 0.6 is 0 Å². The van der Waals surface area contributed by atoms with E-state index < -0.39 is 0 Å². The Bertz CT molecular complexity index is 529. The molecule has 6 N–H and O–H groups in total. The molecule has 1 unspecified atom stereocenters. The van der Waals surface area contributed by atoms with Gasteiger partial charge in [-0.05, 0) is 25.1 Å². The number of amides is 1. The summed E-state index contributed by atoms with van der Waals surface area (Å²) in [6.45, 7) is 1.87. The van der Waals surface area contributed by atoms with E-state index in [-0.39, 0.29) is 11.9 Å². The number of H-pyrrole nitrogens is 1. The molecule has 2 rings (SSSR count). The molecule has 0 saturated heterocycles. The zero-order valence-corrected chi connectivity index (χ0v) is 9.97. The highest BCUT2D eigenvalue weighted by Gasteiger charge is 2.12. The molecule has 0 bridgehead atoms. The molecule has 94 valence electrons. The van der Waals surface area contributed by atoms with Crippen molar-refractivity contribution in [2.24, 2.45) is 0 Å². The number of aromatic amines is 1. The summed E-state index contributed by atoms with van der Waals surface area (Å²) < 4.78 is 0. The smallest absolute Gasteiger partial charge is 0.251 e. The molecule has 6 nitrogen and oxygen atoms in total. The average Bonchev–Trinajstić information content (AvgIpc) is 2.80. The molecule has 0 aliphatic rings. The van der Waals surface area contributed by atoms with Crippen molar-refractivity contribution in [1.82, 2.24) is 15.5 Å². The molecule has 2 aromatic rings. The summed E-state index contributed by atoms with van der Waals surface area (Å²) in [5, 5.41) is 9.38. The number of carbonyl (C=O) groups is 1. The van der Waals surface area contributed by atoms with Crippen molar-refractivity contribution in [2.45, 2.75) is 13.0 Å². The summed E-state index contributed by atoms with van der Waals surface area (Å²) in [7, 11) is 0. The Hall–Kier alpha value is -2.50. The van der Waals surface area contributed by atoms with E-state index in [0.717, 1.165) is 5.56 Å². The van der Waals surface area contributed by atoms with Crippen LogP contribution in [0, 0.1) is 0 Å². The molecule has 1 amide bonds. The topological polar surface area (TPSA) is 110 Å². The fourth-order valence-corrected chi connectivity index (χ4v) is 1.67. The highest BCUT2D eigenvalue weighted by Crippen LogP contribution is 2.15. The lowest BCUT2D eigenvalue weighted by Gasteiger charge is -2.12. The molecule has 1 atom stereocenters. The van der Waals surface area contributed by atoms with E-state index in [1.807, 2.05) is 6.92 Å². The van der Waals surface area contributed by atoms with Crippen LogP contribution in [-0.4, -0.2) is 16.1 Å². The van der Waals surface area contributed by atoms with Crippen LogP contribution < -0.4 is 16.8 Å². The van der Waals surface area contributed by atoms with Gasteiger partial charge in [-0.2, -0.15) is 5.10 Å². The van der Waals surface area contributed by atoms with Gasteiger partial charge in [0.15, 0.2) is 0 Å². The summed E-state index contributed by atoms with van der Waals surface area (Å²) in [4.78, 5) is 12.0. The molecule has 1 heterocycles. The Labute approximate surface area is 104 Å². The Balaban J connectivity index is 2.12. The van der Waals surface area contributed by atoms with E-state index in [1.165, 1.54) is 0 Å². The second kappa shape index (κ2) is 4.79. The Morgan fingerprint density at radius 3 is 2.56 bits per heavy atom. The molecule has 1 aromatic heterocycles. The Morgan fingerprint density at radius 1 is 1.33 bits per heavy atom. The van der Waals surface area contributed by atoms with Crippen LogP contribution in [0.15, 0.2) is 30.6 Å². The Kier molecular flexibility index (Phi) is 3.18. The van der Waals surface area contributed by atoms with Crippen LogP contribution in [0.3, 0.4) is 0 Å². The van der Waals surface area contributed by atoms with Crippen molar-refractivity contribution in [3.05, 3.63) is 41.7 Å². The monoisotopic (exact) mass is 245 g/mol. The predicted octanol–water partition coefficient (Wildman–Crippen LogP) is 1.07. The highest BCUT2D eigenvalue weighted by atomic mass is 16.1. The normalized spacial score (nSPS) is 12.1. The maximum Gasteiger partial charge on any atom is 0.251 e. The lowest BCUT2D eigenvalue weighted by Crippen LogP contribution is -2.26. The minimum Gasteiger partial charge on any atom is -0.399 e. The second-order valence-electron chi connectivity index (χ2n) is 4.12. The minimum absolute atomic E-state index is 0.140. The first-order valence-corrected chi connectivity index (χ1v) is 5.52. The summed E-state index contributed by atoms with van der Waals surface area (Å²) >= 11 is 0. The van der Waals surface area contributed by atoms with E-state index in [0.29, 0.717) is 16.9 Å². The molecule has 0 radical (unpaired) electrons. The van der Waals surface area contributed by atoms with Gasteiger partial charge in [-0.25, -0.2) is 0 Å². The largest absolute Gasteiger partial charge is 0.399 e. The van der Waals surface area contributed by atoms with Crippen LogP contribution in [0.2, 0.25) is 0 Å². The fraction of sp³-hybridized carbons (Fsp3) is 0.167. The maximum absolute atomic E-state index is 12.0. The fourth-order valence-electron chi connectivity index (χ4n) is 1.67. The molecule has 1 aromatic carbocycles. The summed E-state index contributed by atoms with van der Waals surface area (Å²) in [5.41, 5.74) is 13.6. The molecule has 0 aliphatic heterocycles. The highest BCUT2D eigenvalue weighted by molar-refractivity contribution is 5.96. The number of benzene rings is 1. The van der Waals surface area contributed by atoms with E-state index in [2.05, 4.69) is 15.5 Å². The van der Waals surface area contributed by atoms with Gasteiger partial charge in [0.1, 0.15) is 0 Å². The van der Waals surface area contributed by atoms with Gasteiger partial charge in [0.25, 0.3) is 5.91 Å². The van der Waals surface area contributed by atoms with Gasteiger partial charge in [-0.1, -0.05) is 0 Å². The Morgan fingerprint density at radius 2 is 2.00 bits per heavy atom. The first-order chi connectivity index (χ1) is 8.56. The zero-order valence-electron chi connectivity index (χ0n) is 9.97. The average molecular weight is 245 g/mol. The van der Waals surface area contributed by atoms with E-state index in [9.17, 15) is 4.79 Å². The van der Waals surface area contributed by atoms with Crippen molar-refractivity contribution in [3.8, 4) is 0 Å². The van der Waals surface area contributed by atoms with E-state index >= 15 is 0 Å². The van der Waals surface area contributed by atoms with Crippen molar-refractivity contribution < 1.29 is 4.79 Å². The third kappa shape index (κ3) is 2.60. The first kappa shape index (κ1) is 12.0. The third-order valence-electron chi connectivity index (χ3n) is 2.61. The number of anilines is 2. The van der Waals surface area contributed by atoms with Crippen molar-refractivity contribution in [2.75, 3.05) is 11.5 Å². The van der Waals surface area contributed by atoms with Crippen LogP contribution in [0.4, 0.5) is 11.4 Å². The number of nitrogens with zero attached hydrogens (tertiary/aromatic N) is 1. The molecule has 0 saturated carbocycles. The first-order valence-electron chi connectivity index (χ1n) is 5.52. The number of rotatable bonds is 3. The maximum atomic E-state index is 12.0. The van der Waals surface area contributed by atoms with Crippen LogP contribution in [0.25, 0.3) is 0 Å². The van der Waals surface area contributed by atoms with Crippen LogP contribution in [-0.2, 0) is 0 Å². The molecule has 0 spiro atoms. The van der Waals surface area contributed by atoms with Crippen molar-refractivity contribution in [1.29, 1.82) is 0 Å². The second-order valence-corrected chi connectivity index (χ2v) is 4.12. The van der Waals surface area contributed by atoms with E-state index in [4.69, 9.17) is 11.5 Å². The van der Waals surface area contributed by atoms with Crippen LogP contribution in [0.1, 0.15) is 28.9 Å². The lowest BCUT2D eigenvalue weighted by atomic mass is 10.1. The van der Waals surface area contributed by atoms with Gasteiger partial charge < -0.3 is 16.8 Å². The molecular formula is C12H15N5O. The number of nitrogen functional groups attached to an aromatic ring is 2. The number of carbonyl (C=O) groups excluding carboxylic acids is 1. The van der Waals surface area contributed by atoms with Gasteiger partial charge in [-0.15, -0.1) is 0 Å². The molecular weight excluding hydrogens is 230 g/mol. The summed E-state index contributed by atoms with van der Waals surface area (Å²) in [6.07, 6.45) is 3.40. The van der Waals surface area contributed by atoms with Crippen molar-refractivity contribution >= 4 is 17.3 Å². The molecule has 6 heteroatoms. The molecule has 0 aliphatic carbocycles. The van der Waals surface area contributed by atoms with Gasteiger partial charge in [0.2, 0.25) is 0 Å². The number of hydrogen-bond donors (Lipinski definition) is 4. The number of aromatic nitrogens is 2. The van der Waals surface area contributed by atoms with E-state index in [1.54, 1.807) is 30.6 Å². The number of nitrogens with one attached hydrogen (secondary N) is 2. The SMILES string of the molecule is CC(NC(=O)c1cc(N)cc(N)c1)c1cn[nH]c1. The van der Waals surface area contributed by atoms with Gasteiger partial charge in [0.05, 0.1) is 12.2 Å². The number of nitrogens with two attached hydrogens (primary N) is 2. The predicted molar refractivity (Wildman–Crippen MR) is 69.7 cm³/mol. The lowest BCUT2D eigenvalue weighted by molar-refractivity contribution is 0.0940. The standard InChI is InChI=1S/C12H15N5O/c1-7(9-5-15-16-6-9)17-12(18)8-2-10(13)4-11(14)3-8/h2-7H,13-14H2,1H3,(H,15,16)(H,17,18). The molecule has 0 fully saturated rings.